The topological polar surface area (TPSA) is 32.7 Å². The number of hydrogen-bond donors (Lipinski definition) is 1. The highest BCUT2D eigenvalue weighted by Gasteiger charge is 2.31. The lowest BCUT2D eigenvalue weighted by molar-refractivity contribution is 0.350. The fraction of sp³-hybridized carbons (Fsp3) is 0.125. The second-order valence-electron chi connectivity index (χ2n) is 4.45. The molecule has 1 unspecified atom stereocenters. The van der Waals surface area contributed by atoms with E-state index in [4.69, 9.17) is 4.74 Å². The van der Waals surface area contributed by atoms with Crippen LogP contribution in [0, 0.1) is 0 Å². The molecule has 0 bridgehead atoms. The van der Waals surface area contributed by atoms with Gasteiger partial charge in [-0.05, 0) is 29.8 Å². The van der Waals surface area contributed by atoms with E-state index in [-0.39, 0.29) is 6.04 Å². The minimum Gasteiger partial charge on any atom is -0.497 e. The predicted octanol–water partition coefficient (Wildman–Crippen LogP) is 3.66. The number of anilines is 1. The van der Waals surface area contributed by atoms with E-state index >= 15 is 0 Å². The van der Waals surface area contributed by atoms with Crippen molar-refractivity contribution in [1.29, 1.82) is 0 Å². The molecule has 2 aromatic rings. The summed E-state index contributed by atoms with van der Waals surface area (Å²) in [7, 11) is 1.64. The van der Waals surface area contributed by atoms with Gasteiger partial charge in [0, 0.05) is 11.8 Å². The molecule has 3 heteroatoms. The number of hydrogen-bond acceptors (Lipinski definition) is 3. The van der Waals surface area contributed by atoms with E-state index in [0.717, 1.165) is 17.0 Å². The van der Waals surface area contributed by atoms with Crippen LogP contribution in [0.25, 0.3) is 0 Å². The van der Waals surface area contributed by atoms with Crippen molar-refractivity contribution in [2.45, 2.75) is 6.04 Å². The first-order valence-corrected chi connectivity index (χ1v) is 6.18. The third-order valence-corrected chi connectivity index (χ3v) is 3.32. The van der Waals surface area contributed by atoms with Gasteiger partial charge in [-0.1, -0.05) is 30.3 Å². The molecule has 1 heterocycles. The summed E-state index contributed by atoms with van der Waals surface area (Å²) in [5.74, 6) is 1.10. The SMILES string of the molecule is COc1ccc(N2C(O)=CC2c2ccccc2)cc1. The number of methoxy groups -OCH3 is 1. The number of nitrogens with zero attached hydrogens (tertiary/aromatic N) is 1. The van der Waals surface area contributed by atoms with Crippen molar-refractivity contribution in [2.24, 2.45) is 0 Å². The van der Waals surface area contributed by atoms with Gasteiger partial charge >= 0.3 is 0 Å². The summed E-state index contributed by atoms with van der Waals surface area (Å²) >= 11 is 0. The first kappa shape index (κ1) is 11.7. The van der Waals surface area contributed by atoms with Crippen LogP contribution in [0.4, 0.5) is 5.69 Å². The molecular formula is C16H15NO2. The smallest absolute Gasteiger partial charge is 0.190 e. The molecule has 0 saturated heterocycles. The van der Waals surface area contributed by atoms with Gasteiger partial charge in [0.15, 0.2) is 5.88 Å². The van der Waals surface area contributed by atoms with Gasteiger partial charge in [-0.2, -0.15) is 0 Å². The molecule has 0 aliphatic carbocycles. The Labute approximate surface area is 112 Å². The highest BCUT2D eigenvalue weighted by atomic mass is 16.5. The van der Waals surface area contributed by atoms with Crippen LogP contribution in [0.2, 0.25) is 0 Å². The van der Waals surface area contributed by atoms with Gasteiger partial charge in [0.05, 0.1) is 13.2 Å². The van der Waals surface area contributed by atoms with Gasteiger partial charge in [0.2, 0.25) is 0 Å². The Balaban J connectivity index is 1.89. The molecule has 0 aromatic heterocycles. The molecule has 2 aromatic carbocycles. The van der Waals surface area contributed by atoms with Crippen molar-refractivity contribution in [2.75, 3.05) is 12.0 Å². The fourth-order valence-electron chi connectivity index (χ4n) is 2.29. The van der Waals surface area contributed by atoms with Gasteiger partial charge in [-0.3, -0.25) is 0 Å². The molecule has 0 radical (unpaired) electrons. The normalized spacial score (nSPS) is 17.6. The average molecular weight is 253 g/mol. The monoisotopic (exact) mass is 253 g/mol. The van der Waals surface area contributed by atoms with Crippen LogP contribution in [0.1, 0.15) is 11.6 Å². The first-order chi connectivity index (χ1) is 9.29. The summed E-state index contributed by atoms with van der Waals surface area (Å²) in [5.41, 5.74) is 2.12. The molecule has 1 aliphatic heterocycles. The number of rotatable bonds is 3. The molecule has 3 nitrogen and oxygen atoms in total. The Hall–Kier alpha value is -2.42. The third-order valence-electron chi connectivity index (χ3n) is 3.32. The summed E-state index contributed by atoms with van der Waals surface area (Å²) in [6, 6.07) is 17.9. The Morgan fingerprint density at radius 2 is 1.68 bits per heavy atom. The van der Waals surface area contributed by atoms with Crippen molar-refractivity contribution in [1.82, 2.24) is 0 Å². The summed E-state index contributed by atoms with van der Waals surface area (Å²) in [6.07, 6.45) is 1.85. The van der Waals surface area contributed by atoms with Crippen LogP contribution in [0.5, 0.6) is 5.75 Å². The maximum absolute atomic E-state index is 9.88. The first-order valence-electron chi connectivity index (χ1n) is 6.18. The predicted molar refractivity (Wildman–Crippen MR) is 75.4 cm³/mol. The van der Waals surface area contributed by atoms with Gasteiger partial charge in [-0.25, -0.2) is 0 Å². The number of ether oxygens (including phenoxy) is 1. The van der Waals surface area contributed by atoms with Crippen molar-refractivity contribution in [3.05, 3.63) is 72.1 Å². The molecule has 0 saturated carbocycles. The number of aliphatic hydroxyl groups excluding tert-OH is 1. The second kappa shape index (κ2) is 4.69. The van der Waals surface area contributed by atoms with Gasteiger partial charge in [-0.15, -0.1) is 0 Å². The molecule has 19 heavy (non-hydrogen) atoms. The lowest BCUT2D eigenvalue weighted by Gasteiger charge is -2.38. The molecule has 96 valence electrons. The van der Waals surface area contributed by atoms with Crippen molar-refractivity contribution in [3.63, 3.8) is 0 Å². The third kappa shape index (κ3) is 2.03. The maximum Gasteiger partial charge on any atom is 0.190 e. The van der Waals surface area contributed by atoms with Gasteiger partial charge in [0.25, 0.3) is 0 Å². The molecule has 1 atom stereocenters. The number of benzene rings is 2. The number of aliphatic hydroxyl groups is 1. The van der Waals surface area contributed by atoms with Crippen LogP contribution >= 0.6 is 0 Å². The van der Waals surface area contributed by atoms with E-state index in [9.17, 15) is 5.11 Å². The lowest BCUT2D eigenvalue weighted by atomic mass is 9.99. The molecular weight excluding hydrogens is 238 g/mol. The Kier molecular flexibility index (Phi) is 2.88. The Morgan fingerprint density at radius 3 is 2.26 bits per heavy atom. The summed E-state index contributed by atoms with van der Waals surface area (Å²) in [5, 5.41) is 9.88. The zero-order chi connectivity index (χ0) is 13.2. The summed E-state index contributed by atoms with van der Waals surface area (Å²) < 4.78 is 5.14. The van der Waals surface area contributed by atoms with Crippen LogP contribution in [0.15, 0.2) is 66.6 Å². The lowest BCUT2D eigenvalue weighted by Crippen LogP contribution is -2.35. The Bertz CT molecular complexity index is 590. The van der Waals surface area contributed by atoms with E-state index in [0.29, 0.717) is 5.88 Å². The molecule has 0 amide bonds. The van der Waals surface area contributed by atoms with E-state index < -0.39 is 0 Å². The van der Waals surface area contributed by atoms with Crippen LogP contribution in [0.3, 0.4) is 0 Å². The highest BCUT2D eigenvalue weighted by Crippen LogP contribution is 2.39. The van der Waals surface area contributed by atoms with Gasteiger partial charge < -0.3 is 14.7 Å². The van der Waals surface area contributed by atoms with Crippen LogP contribution in [-0.2, 0) is 0 Å². The van der Waals surface area contributed by atoms with E-state index in [2.05, 4.69) is 12.1 Å². The second-order valence-corrected chi connectivity index (χ2v) is 4.45. The minimum absolute atomic E-state index is 0.0922. The largest absolute Gasteiger partial charge is 0.497 e. The quantitative estimate of drug-likeness (QED) is 0.906. The summed E-state index contributed by atoms with van der Waals surface area (Å²) in [4.78, 5) is 1.90. The van der Waals surface area contributed by atoms with Crippen molar-refractivity contribution >= 4 is 5.69 Å². The average Bonchev–Trinajstić information content (AvgIpc) is 2.46. The molecule has 1 N–H and O–H groups in total. The van der Waals surface area contributed by atoms with Crippen LogP contribution < -0.4 is 9.64 Å². The summed E-state index contributed by atoms with van der Waals surface area (Å²) in [6.45, 7) is 0. The molecule has 0 fully saturated rings. The van der Waals surface area contributed by atoms with Crippen LogP contribution in [-0.4, -0.2) is 12.2 Å². The molecule has 0 spiro atoms. The van der Waals surface area contributed by atoms with E-state index in [1.807, 2.05) is 53.4 Å². The Morgan fingerprint density at radius 1 is 1.00 bits per heavy atom. The molecule has 1 aliphatic rings. The zero-order valence-corrected chi connectivity index (χ0v) is 10.7. The molecule has 3 rings (SSSR count). The zero-order valence-electron chi connectivity index (χ0n) is 10.7. The van der Waals surface area contributed by atoms with E-state index in [1.165, 1.54) is 0 Å². The fourth-order valence-corrected chi connectivity index (χ4v) is 2.29. The standard InChI is InChI=1S/C16H15NO2/c1-19-14-9-7-13(8-10-14)17-15(11-16(17)18)12-5-3-2-4-6-12/h2-11,15,18H,1H3. The van der Waals surface area contributed by atoms with Gasteiger partial charge in [0.1, 0.15) is 5.75 Å². The van der Waals surface area contributed by atoms with E-state index in [1.54, 1.807) is 7.11 Å². The van der Waals surface area contributed by atoms with Crippen molar-refractivity contribution < 1.29 is 9.84 Å². The maximum atomic E-state index is 9.88. The minimum atomic E-state index is 0.0922. The highest BCUT2D eigenvalue weighted by molar-refractivity contribution is 5.60. The van der Waals surface area contributed by atoms with Crippen molar-refractivity contribution in [3.8, 4) is 5.75 Å².